The highest BCUT2D eigenvalue weighted by Gasteiger charge is 2.51. The number of carboxylic acids is 2. The van der Waals surface area contributed by atoms with Gasteiger partial charge in [0.2, 0.25) is 5.41 Å². The van der Waals surface area contributed by atoms with Gasteiger partial charge in [-0.25, -0.2) is 0 Å². The Morgan fingerprint density at radius 2 is 1.50 bits per heavy atom. The van der Waals surface area contributed by atoms with Crippen LogP contribution in [0.25, 0.3) is 0 Å². The van der Waals surface area contributed by atoms with Crippen molar-refractivity contribution in [2.24, 2.45) is 5.41 Å². The van der Waals surface area contributed by atoms with Crippen molar-refractivity contribution < 1.29 is 24.6 Å². The second-order valence-corrected chi connectivity index (χ2v) is 3.04. The van der Waals surface area contributed by atoms with Gasteiger partial charge in [-0.05, 0) is 12.8 Å². The van der Waals surface area contributed by atoms with Gasteiger partial charge in [0, 0.05) is 6.42 Å². The third-order valence-corrected chi connectivity index (χ3v) is 2.21. The number of ketones is 1. The van der Waals surface area contributed by atoms with Crippen LogP contribution in [0.5, 0.6) is 0 Å². The Kier molecular flexibility index (Phi) is 4.27. The smallest absolute Gasteiger partial charge is 0.328 e. The number of carbonyl (C=O) groups is 3. The van der Waals surface area contributed by atoms with Crippen molar-refractivity contribution in [3.8, 4) is 0 Å². The molecule has 0 aromatic heterocycles. The molecule has 0 radical (unpaired) electrons. The van der Waals surface area contributed by atoms with Gasteiger partial charge < -0.3 is 10.2 Å². The minimum absolute atomic E-state index is 0.0214. The number of aliphatic carboxylic acids is 2. The Bertz CT molecular complexity index is 242. The summed E-state index contributed by atoms with van der Waals surface area (Å²) < 4.78 is 0. The van der Waals surface area contributed by atoms with Crippen molar-refractivity contribution in [1.29, 1.82) is 0 Å². The van der Waals surface area contributed by atoms with E-state index in [-0.39, 0.29) is 12.8 Å². The zero-order valence-electron chi connectivity index (χ0n) is 8.24. The number of Topliss-reactive ketones (excluding diaryl/α,β-unsaturated/α-hetero) is 1. The molecule has 0 heterocycles. The van der Waals surface area contributed by atoms with Gasteiger partial charge >= 0.3 is 11.9 Å². The molecule has 2 N–H and O–H groups in total. The maximum absolute atomic E-state index is 11.4. The predicted octanol–water partition coefficient (Wildman–Crippen LogP) is 0.921. The summed E-state index contributed by atoms with van der Waals surface area (Å²) in [7, 11) is 0. The summed E-state index contributed by atoms with van der Waals surface area (Å²) >= 11 is 0. The van der Waals surface area contributed by atoms with Gasteiger partial charge in [0.1, 0.15) is 0 Å². The lowest BCUT2D eigenvalue weighted by Gasteiger charge is -2.21. The average molecular weight is 202 g/mol. The Morgan fingerprint density at radius 3 is 1.71 bits per heavy atom. The van der Waals surface area contributed by atoms with E-state index < -0.39 is 23.1 Å². The number of rotatable bonds is 6. The lowest BCUT2D eigenvalue weighted by Crippen LogP contribution is -2.45. The fourth-order valence-electron chi connectivity index (χ4n) is 1.27. The molecule has 5 heteroatoms. The molecule has 0 aromatic rings. The third kappa shape index (κ3) is 1.92. The highest BCUT2D eigenvalue weighted by molar-refractivity contribution is 6.19. The molecular formula is C9H14O5. The van der Waals surface area contributed by atoms with Crippen LogP contribution in [0.4, 0.5) is 0 Å². The van der Waals surface area contributed by atoms with Crippen molar-refractivity contribution in [2.75, 3.05) is 0 Å². The van der Waals surface area contributed by atoms with Gasteiger partial charge in [0.15, 0.2) is 5.78 Å². The fraction of sp³-hybridized carbons (Fsp3) is 0.667. The molecule has 5 nitrogen and oxygen atoms in total. The van der Waals surface area contributed by atoms with Crippen LogP contribution in [0.1, 0.15) is 33.1 Å². The fourth-order valence-corrected chi connectivity index (χ4v) is 1.27. The van der Waals surface area contributed by atoms with Crippen LogP contribution >= 0.6 is 0 Å². The van der Waals surface area contributed by atoms with E-state index in [0.29, 0.717) is 6.42 Å². The number of carbonyl (C=O) groups excluding carboxylic acids is 1. The van der Waals surface area contributed by atoms with Gasteiger partial charge in [-0.2, -0.15) is 0 Å². The van der Waals surface area contributed by atoms with Crippen LogP contribution in [-0.4, -0.2) is 27.9 Å². The first kappa shape index (κ1) is 12.6. The van der Waals surface area contributed by atoms with Gasteiger partial charge in [-0.1, -0.05) is 13.8 Å². The first-order valence-corrected chi connectivity index (χ1v) is 4.43. The van der Waals surface area contributed by atoms with Crippen LogP contribution in [0, 0.1) is 5.41 Å². The summed E-state index contributed by atoms with van der Waals surface area (Å²) in [5.74, 6) is -3.89. The summed E-state index contributed by atoms with van der Waals surface area (Å²) in [6.07, 6.45) is 0.198. The lowest BCUT2D eigenvalue weighted by molar-refractivity contribution is -0.168. The SMILES string of the molecule is CCCC(=O)C(CC)(C(=O)O)C(=O)O. The minimum atomic E-state index is -2.25. The number of hydrogen-bond donors (Lipinski definition) is 2. The maximum Gasteiger partial charge on any atom is 0.328 e. The van der Waals surface area contributed by atoms with Gasteiger partial charge in [-0.3, -0.25) is 14.4 Å². The molecule has 0 saturated carbocycles. The molecule has 0 atom stereocenters. The van der Waals surface area contributed by atoms with E-state index >= 15 is 0 Å². The molecule has 0 aliphatic heterocycles. The van der Waals surface area contributed by atoms with Crippen LogP contribution in [0.3, 0.4) is 0 Å². The van der Waals surface area contributed by atoms with Gasteiger partial charge in [0.05, 0.1) is 0 Å². The van der Waals surface area contributed by atoms with Crippen molar-refractivity contribution in [2.45, 2.75) is 33.1 Å². The minimum Gasteiger partial charge on any atom is -0.480 e. The second kappa shape index (κ2) is 4.74. The summed E-state index contributed by atoms with van der Waals surface area (Å²) in [6.45, 7) is 3.08. The summed E-state index contributed by atoms with van der Waals surface area (Å²) in [5, 5.41) is 17.6. The summed E-state index contributed by atoms with van der Waals surface area (Å²) in [5.41, 5.74) is -2.25. The van der Waals surface area contributed by atoms with E-state index in [1.165, 1.54) is 6.92 Å². The van der Waals surface area contributed by atoms with Crippen molar-refractivity contribution in [3.63, 3.8) is 0 Å². The van der Waals surface area contributed by atoms with Crippen LogP contribution in [-0.2, 0) is 14.4 Å². The van der Waals surface area contributed by atoms with Crippen molar-refractivity contribution in [1.82, 2.24) is 0 Å². The van der Waals surface area contributed by atoms with E-state index in [9.17, 15) is 14.4 Å². The Morgan fingerprint density at radius 1 is 1.07 bits per heavy atom. The highest BCUT2D eigenvalue weighted by atomic mass is 16.4. The van der Waals surface area contributed by atoms with Gasteiger partial charge in [-0.15, -0.1) is 0 Å². The van der Waals surface area contributed by atoms with Crippen LogP contribution in [0.15, 0.2) is 0 Å². The average Bonchev–Trinajstić information content (AvgIpc) is 2.05. The molecule has 0 fully saturated rings. The molecular weight excluding hydrogens is 188 g/mol. The quantitative estimate of drug-likeness (QED) is 0.625. The molecule has 0 rings (SSSR count). The van der Waals surface area contributed by atoms with Crippen molar-refractivity contribution in [3.05, 3.63) is 0 Å². The molecule has 0 saturated heterocycles. The molecule has 0 amide bonds. The van der Waals surface area contributed by atoms with E-state index in [1.54, 1.807) is 6.92 Å². The Hall–Kier alpha value is -1.39. The highest BCUT2D eigenvalue weighted by Crippen LogP contribution is 2.26. The first-order valence-electron chi connectivity index (χ1n) is 4.43. The van der Waals surface area contributed by atoms with Crippen molar-refractivity contribution >= 4 is 17.7 Å². The van der Waals surface area contributed by atoms with E-state index in [1.807, 2.05) is 0 Å². The lowest BCUT2D eigenvalue weighted by atomic mass is 9.79. The zero-order chi connectivity index (χ0) is 11.4. The molecule has 0 aliphatic carbocycles. The second-order valence-electron chi connectivity index (χ2n) is 3.04. The maximum atomic E-state index is 11.4. The molecule has 14 heavy (non-hydrogen) atoms. The predicted molar refractivity (Wildman–Crippen MR) is 47.9 cm³/mol. The van der Waals surface area contributed by atoms with Gasteiger partial charge in [0.25, 0.3) is 0 Å². The third-order valence-electron chi connectivity index (χ3n) is 2.21. The number of carboxylic acid groups (broad SMARTS) is 2. The molecule has 0 aliphatic rings. The summed E-state index contributed by atoms with van der Waals surface area (Å²) in [4.78, 5) is 33.0. The van der Waals surface area contributed by atoms with E-state index in [0.717, 1.165) is 0 Å². The molecule has 0 spiro atoms. The largest absolute Gasteiger partial charge is 0.480 e. The standard InChI is InChI=1S/C9H14O5/c1-3-5-6(10)9(4-2,7(11)12)8(13)14/h3-5H2,1-2H3,(H,11,12)(H,13,14). The normalized spacial score (nSPS) is 11.0. The first-order chi connectivity index (χ1) is 6.43. The van der Waals surface area contributed by atoms with E-state index in [4.69, 9.17) is 10.2 Å². The zero-order valence-corrected chi connectivity index (χ0v) is 8.24. The molecule has 0 unspecified atom stereocenters. The Labute approximate surface area is 81.7 Å². The van der Waals surface area contributed by atoms with E-state index in [2.05, 4.69) is 0 Å². The monoisotopic (exact) mass is 202 g/mol. The molecule has 0 aromatic carbocycles. The molecule has 0 bridgehead atoms. The molecule has 80 valence electrons. The summed E-state index contributed by atoms with van der Waals surface area (Å²) in [6, 6.07) is 0. The topological polar surface area (TPSA) is 91.7 Å². The van der Waals surface area contributed by atoms with Crippen LogP contribution < -0.4 is 0 Å². The van der Waals surface area contributed by atoms with Crippen LogP contribution in [0.2, 0.25) is 0 Å². The number of hydrogen-bond acceptors (Lipinski definition) is 3. The Balaban J connectivity index is 5.14.